The van der Waals surface area contributed by atoms with Gasteiger partial charge in [0.25, 0.3) is 0 Å². The number of carbonyl (C=O) groups is 1. The van der Waals surface area contributed by atoms with Crippen LogP contribution in [0.5, 0.6) is 11.5 Å². The highest BCUT2D eigenvalue weighted by molar-refractivity contribution is 5.91. The number of hydrogen-bond acceptors (Lipinski definition) is 4. The molecule has 0 aliphatic rings. The van der Waals surface area contributed by atoms with Crippen LogP contribution in [-0.4, -0.2) is 25.8 Å². The molecular formula is C19H22O4. The summed E-state index contributed by atoms with van der Waals surface area (Å²) in [5, 5.41) is 0. The Labute approximate surface area is 137 Å². The molecule has 0 saturated carbocycles. The largest absolute Gasteiger partial charge is 0.494 e. The molecule has 0 radical (unpaired) electrons. The molecule has 122 valence electrons. The third-order valence-corrected chi connectivity index (χ3v) is 3.22. The fourth-order valence-corrected chi connectivity index (χ4v) is 2.06. The van der Waals surface area contributed by atoms with E-state index in [0.29, 0.717) is 18.8 Å². The number of rotatable bonds is 8. The Morgan fingerprint density at radius 1 is 0.913 bits per heavy atom. The molecule has 0 N–H and O–H groups in total. The van der Waals surface area contributed by atoms with Crippen molar-refractivity contribution in [3.05, 3.63) is 59.7 Å². The molecule has 0 unspecified atom stereocenters. The minimum atomic E-state index is -0.346. The van der Waals surface area contributed by atoms with Gasteiger partial charge in [-0.1, -0.05) is 25.1 Å². The van der Waals surface area contributed by atoms with Crippen LogP contribution < -0.4 is 9.47 Å². The molecule has 4 nitrogen and oxygen atoms in total. The molecule has 0 fully saturated rings. The number of esters is 1. The van der Waals surface area contributed by atoms with Crippen molar-refractivity contribution >= 4 is 5.97 Å². The monoisotopic (exact) mass is 314 g/mol. The van der Waals surface area contributed by atoms with Crippen molar-refractivity contribution in [2.45, 2.75) is 20.3 Å². The highest BCUT2D eigenvalue weighted by Gasteiger charge is 2.11. The van der Waals surface area contributed by atoms with Gasteiger partial charge in [0.1, 0.15) is 24.7 Å². The van der Waals surface area contributed by atoms with Gasteiger partial charge >= 0.3 is 5.97 Å². The molecule has 0 heterocycles. The second-order valence-electron chi connectivity index (χ2n) is 5.12. The molecule has 0 aliphatic carbocycles. The predicted molar refractivity (Wildman–Crippen MR) is 89.2 cm³/mol. The van der Waals surface area contributed by atoms with Crippen molar-refractivity contribution in [1.29, 1.82) is 0 Å². The van der Waals surface area contributed by atoms with Gasteiger partial charge in [-0.3, -0.25) is 0 Å². The highest BCUT2D eigenvalue weighted by Crippen LogP contribution is 2.18. The highest BCUT2D eigenvalue weighted by atomic mass is 16.6. The molecular weight excluding hydrogens is 292 g/mol. The lowest BCUT2D eigenvalue weighted by atomic mass is 10.1. The summed E-state index contributed by atoms with van der Waals surface area (Å²) in [6, 6.07) is 14.8. The molecule has 0 amide bonds. The molecule has 0 bridgehead atoms. The zero-order chi connectivity index (χ0) is 16.5. The predicted octanol–water partition coefficient (Wildman–Crippen LogP) is 4.02. The fraction of sp³-hybridized carbons (Fsp3) is 0.316. The Hall–Kier alpha value is -2.49. The van der Waals surface area contributed by atoms with Crippen LogP contribution in [0.3, 0.4) is 0 Å². The van der Waals surface area contributed by atoms with Crippen LogP contribution in [0, 0.1) is 6.92 Å². The first-order valence-electron chi connectivity index (χ1n) is 7.79. The molecule has 4 heteroatoms. The zero-order valence-corrected chi connectivity index (χ0v) is 13.6. The average molecular weight is 314 g/mol. The van der Waals surface area contributed by atoms with E-state index in [2.05, 4.69) is 6.92 Å². The quantitative estimate of drug-likeness (QED) is 0.545. The molecule has 23 heavy (non-hydrogen) atoms. The number of benzene rings is 2. The number of hydrogen-bond donors (Lipinski definition) is 0. The maximum atomic E-state index is 12.1. The van der Waals surface area contributed by atoms with Gasteiger partial charge in [0.05, 0.1) is 12.2 Å². The van der Waals surface area contributed by atoms with Crippen LogP contribution in [-0.2, 0) is 4.74 Å². The molecule has 0 spiro atoms. The van der Waals surface area contributed by atoms with E-state index in [1.54, 1.807) is 12.1 Å². The average Bonchev–Trinajstić information content (AvgIpc) is 2.57. The molecule has 2 aromatic carbocycles. The molecule has 2 aromatic rings. The Kier molecular flexibility index (Phi) is 6.48. The van der Waals surface area contributed by atoms with Gasteiger partial charge in [0, 0.05) is 0 Å². The van der Waals surface area contributed by atoms with Gasteiger partial charge in [-0.05, 0) is 49.2 Å². The van der Waals surface area contributed by atoms with E-state index in [9.17, 15) is 4.79 Å². The van der Waals surface area contributed by atoms with Gasteiger partial charge in [0.15, 0.2) is 0 Å². The summed E-state index contributed by atoms with van der Waals surface area (Å²) in [5.74, 6) is 1.19. The first kappa shape index (κ1) is 16.9. The lowest BCUT2D eigenvalue weighted by Crippen LogP contribution is -2.13. The van der Waals surface area contributed by atoms with Crippen LogP contribution in [0.2, 0.25) is 0 Å². The van der Waals surface area contributed by atoms with Gasteiger partial charge in [0.2, 0.25) is 0 Å². The third-order valence-electron chi connectivity index (χ3n) is 3.22. The fourth-order valence-electron chi connectivity index (χ4n) is 2.06. The van der Waals surface area contributed by atoms with Crippen molar-refractivity contribution in [1.82, 2.24) is 0 Å². The van der Waals surface area contributed by atoms with Gasteiger partial charge in [-0.15, -0.1) is 0 Å². The van der Waals surface area contributed by atoms with Gasteiger partial charge in [-0.2, -0.15) is 0 Å². The Morgan fingerprint density at radius 2 is 1.65 bits per heavy atom. The normalized spacial score (nSPS) is 10.2. The lowest BCUT2D eigenvalue weighted by Gasteiger charge is -2.10. The first-order chi connectivity index (χ1) is 11.2. The van der Waals surface area contributed by atoms with E-state index in [4.69, 9.17) is 14.2 Å². The second-order valence-corrected chi connectivity index (χ2v) is 5.12. The van der Waals surface area contributed by atoms with Crippen LogP contribution in [0.4, 0.5) is 0 Å². The number of carbonyl (C=O) groups excluding carboxylic acids is 1. The van der Waals surface area contributed by atoms with Crippen molar-refractivity contribution in [2.75, 3.05) is 19.8 Å². The topological polar surface area (TPSA) is 44.8 Å². The number of aryl methyl sites for hydroxylation is 1. The maximum absolute atomic E-state index is 12.1. The molecule has 0 aliphatic heterocycles. The van der Waals surface area contributed by atoms with Crippen molar-refractivity contribution in [3.8, 4) is 11.5 Å². The van der Waals surface area contributed by atoms with Gasteiger partial charge < -0.3 is 14.2 Å². The summed E-state index contributed by atoms with van der Waals surface area (Å²) in [4.78, 5) is 12.1. The summed E-state index contributed by atoms with van der Waals surface area (Å²) in [7, 11) is 0. The standard InChI is InChI=1S/C19H22O4/c1-3-11-21-17-9-10-18(15(2)14-17)19(20)23-13-12-22-16-7-5-4-6-8-16/h4-10,14H,3,11-13H2,1-2H3. The summed E-state index contributed by atoms with van der Waals surface area (Å²) in [6.45, 7) is 5.12. The van der Waals surface area contributed by atoms with Crippen LogP contribution in [0.25, 0.3) is 0 Å². The second kappa shape index (κ2) is 8.83. The Bertz CT molecular complexity index is 623. The Balaban J connectivity index is 1.81. The van der Waals surface area contributed by atoms with Crippen molar-refractivity contribution in [2.24, 2.45) is 0 Å². The minimum absolute atomic E-state index is 0.210. The number of ether oxygens (including phenoxy) is 3. The van der Waals surface area contributed by atoms with Crippen molar-refractivity contribution < 1.29 is 19.0 Å². The van der Waals surface area contributed by atoms with E-state index in [1.807, 2.05) is 43.3 Å². The SMILES string of the molecule is CCCOc1ccc(C(=O)OCCOc2ccccc2)c(C)c1. The van der Waals surface area contributed by atoms with E-state index in [1.165, 1.54) is 0 Å². The van der Waals surface area contributed by atoms with E-state index < -0.39 is 0 Å². The van der Waals surface area contributed by atoms with Crippen LogP contribution in [0.15, 0.2) is 48.5 Å². The minimum Gasteiger partial charge on any atom is -0.494 e. The smallest absolute Gasteiger partial charge is 0.338 e. The molecule has 0 aromatic heterocycles. The van der Waals surface area contributed by atoms with E-state index in [0.717, 1.165) is 23.5 Å². The summed E-state index contributed by atoms with van der Waals surface area (Å²) in [6.07, 6.45) is 0.949. The molecule has 0 saturated heterocycles. The Morgan fingerprint density at radius 3 is 2.35 bits per heavy atom. The van der Waals surface area contributed by atoms with Crippen LogP contribution >= 0.6 is 0 Å². The summed E-state index contributed by atoms with van der Waals surface area (Å²) < 4.78 is 16.3. The van der Waals surface area contributed by atoms with E-state index in [-0.39, 0.29) is 12.6 Å². The first-order valence-corrected chi connectivity index (χ1v) is 7.79. The zero-order valence-electron chi connectivity index (χ0n) is 13.6. The van der Waals surface area contributed by atoms with Crippen LogP contribution in [0.1, 0.15) is 29.3 Å². The number of para-hydroxylation sites is 1. The van der Waals surface area contributed by atoms with Crippen molar-refractivity contribution in [3.63, 3.8) is 0 Å². The molecule has 0 atom stereocenters. The maximum Gasteiger partial charge on any atom is 0.338 e. The third kappa shape index (κ3) is 5.33. The molecule has 2 rings (SSSR count). The van der Waals surface area contributed by atoms with Gasteiger partial charge in [-0.25, -0.2) is 4.79 Å². The summed E-state index contributed by atoms with van der Waals surface area (Å²) >= 11 is 0. The van der Waals surface area contributed by atoms with E-state index >= 15 is 0 Å². The summed E-state index contributed by atoms with van der Waals surface area (Å²) in [5.41, 5.74) is 1.39. The lowest BCUT2D eigenvalue weighted by molar-refractivity contribution is 0.0449.